The lowest BCUT2D eigenvalue weighted by atomic mass is 10.1. The smallest absolute Gasteiger partial charge is 0.303 e. The Morgan fingerprint density at radius 1 is 1.28 bits per heavy atom. The summed E-state index contributed by atoms with van der Waals surface area (Å²) in [4.78, 5) is 12.7. The Bertz CT molecular complexity index is 607. The first-order valence-corrected chi connectivity index (χ1v) is 5.36. The molecule has 2 N–H and O–H groups in total. The molecule has 0 saturated carbocycles. The van der Waals surface area contributed by atoms with Crippen molar-refractivity contribution in [2.24, 2.45) is 0 Å². The van der Waals surface area contributed by atoms with Gasteiger partial charge in [-0.25, -0.2) is 8.78 Å². The van der Waals surface area contributed by atoms with Crippen LogP contribution in [0.4, 0.5) is 13.2 Å². The third kappa shape index (κ3) is 2.18. The summed E-state index contributed by atoms with van der Waals surface area (Å²) < 4.78 is 40.2. The maximum absolute atomic E-state index is 13.6. The number of halogens is 3. The van der Waals surface area contributed by atoms with E-state index in [0.717, 1.165) is 6.07 Å². The molecule has 1 aromatic heterocycles. The van der Waals surface area contributed by atoms with Crippen molar-refractivity contribution in [1.29, 1.82) is 0 Å². The highest BCUT2D eigenvalue weighted by Gasteiger charge is 2.17. The molecule has 96 valence electrons. The molecule has 0 aliphatic rings. The number of carbonyl (C=O) groups is 1. The van der Waals surface area contributed by atoms with Gasteiger partial charge >= 0.3 is 5.97 Å². The predicted molar refractivity (Wildman–Crippen MR) is 58.7 cm³/mol. The third-order valence-electron chi connectivity index (χ3n) is 2.72. The second-order valence-corrected chi connectivity index (χ2v) is 3.95. The number of aliphatic carboxylic acids is 1. The number of hydrogen-bond donors (Lipinski definition) is 2. The van der Waals surface area contributed by atoms with E-state index in [-0.39, 0.29) is 35.7 Å². The lowest BCUT2D eigenvalue weighted by Crippen LogP contribution is -1.97. The van der Waals surface area contributed by atoms with Crippen molar-refractivity contribution < 1.29 is 23.1 Å². The number of nitrogens with one attached hydrogen (secondary N) is 1. The number of rotatable bonds is 4. The van der Waals surface area contributed by atoms with Crippen LogP contribution < -0.4 is 0 Å². The van der Waals surface area contributed by atoms with Gasteiger partial charge in [0.2, 0.25) is 0 Å². The zero-order valence-corrected chi connectivity index (χ0v) is 9.27. The van der Waals surface area contributed by atoms with Gasteiger partial charge in [0.15, 0.2) is 17.6 Å². The fourth-order valence-electron chi connectivity index (χ4n) is 1.90. The topological polar surface area (TPSA) is 53.1 Å². The number of aryl methyl sites for hydroxylation is 1. The Labute approximate surface area is 100 Å². The van der Waals surface area contributed by atoms with Gasteiger partial charge in [0.25, 0.3) is 0 Å². The molecule has 18 heavy (non-hydrogen) atoms. The van der Waals surface area contributed by atoms with Crippen LogP contribution in [0.15, 0.2) is 12.1 Å². The van der Waals surface area contributed by atoms with Crippen LogP contribution in [-0.4, -0.2) is 16.1 Å². The van der Waals surface area contributed by atoms with Crippen molar-refractivity contribution in [2.45, 2.75) is 19.3 Å². The number of aromatic nitrogens is 1. The molecular weight excluding hydrogens is 247 g/mol. The summed E-state index contributed by atoms with van der Waals surface area (Å²) in [5.74, 6) is -3.93. The molecule has 1 heterocycles. The summed E-state index contributed by atoms with van der Waals surface area (Å²) in [6, 6.07) is 2.16. The zero-order chi connectivity index (χ0) is 13.3. The molecule has 0 aliphatic carbocycles. The molecule has 2 rings (SSSR count). The van der Waals surface area contributed by atoms with Crippen LogP contribution in [0.2, 0.25) is 0 Å². The molecule has 6 heteroatoms. The van der Waals surface area contributed by atoms with Crippen molar-refractivity contribution in [2.75, 3.05) is 0 Å². The summed E-state index contributed by atoms with van der Waals surface area (Å²) in [5, 5.41) is 8.35. The highest BCUT2D eigenvalue weighted by atomic mass is 19.2. The van der Waals surface area contributed by atoms with Gasteiger partial charge in [0.1, 0.15) is 0 Å². The fraction of sp³-hybridized carbons (Fsp3) is 0.250. The van der Waals surface area contributed by atoms with E-state index in [0.29, 0.717) is 0 Å². The minimum atomic E-state index is -1.11. The average molecular weight is 257 g/mol. The molecule has 2 aromatic rings. The summed E-state index contributed by atoms with van der Waals surface area (Å²) >= 11 is 0. The molecule has 0 aliphatic heterocycles. The second kappa shape index (κ2) is 4.72. The van der Waals surface area contributed by atoms with Crippen LogP contribution in [0.25, 0.3) is 10.9 Å². The maximum atomic E-state index is 13.6. The molecule has 0 fully saturated rings. The van der Waals surface area contributed by atoms with Gasteiger partial charge in [0.05, 0.1) is 5.52 Å². The van der Waals surface area contributed by atoms with Crippen LogP contribution in [0.1, 0.15) is 18.4 Å². The summed E-state index contributed by atoms with van der Waals surface area (Å²) in [6.45, 7) is 0. The molecule has 0 unspecified atom stereocenters. The van der Waals surface area contributed by atoms with Crippen LogP contribution >= 0.6 is 0 Å². The van der Waals surface area contributed by atoms with E-state index in [1.54, 1.807) is 0 Å². The van der Waals surface area contributed by atoms with Crippen molar-refractivity contribution in [3.63, 3.8) is 0 Å². The van der Waals surface area contributed by atoms with E-state index >= 15 is 0 Å². The quantitative estimate of drug-likeness (QED) is 0.884. The molecule has 1 aromatic carbocycles. The Hall–Kier alpha value is -1.98. The van der Waals surface area contributed by atoms with E-state index in [2.05, 4.69) is 4.98 Å². The molecule has 3 nitrogen and oxygen atoms in total. The Balaban J connectivity index is 2.39. The molecule has 0 bridgehead atoms. The Morgan fingerprint density at radius 2 is 2.00 bits per heavy atom. The first-order valence-electron chi connectivity index (χ1n) is 5.36. The molecule has 0 spiro atoms. The van der Waals surface area contributed by atoms with Crippen molar-refractivity contribution in [3.05, 3.63) is 35.3 Å². The van der Waals surface area contributed by atoms with Gasteiger partial charge < -0.3 is 10.1 Å². The van der Waals surface area contributed by atoms with E-state index < -0.39 is 23.6 Å². The van der Waals surface area contributed by atoms with Gasteiger partial charge in [0, 0.05) is 17.4 Å². The average Bonchev–Trinajstić information content (AvgIpc) is 2.61. The Morgan fingerprint density at radius 3 is 2.67 bits per heavy atom. The first kappa shape index (κ1) is 12.5. The fourth-order valence-corrected chi connectivity index (χ4v) is 1.90. The van der Waals surface area contributed by atoms with Crippen molar-refractivity contribution in [1.82, 2.24) is 4.98 Å². The minimum absolute atomic E-state index is 0.0109. The highest BCUT2D eigenvalue weighted by molar-refractivity contribution is 5.84. The van der Waals surface area contributed by atoms with E-state index in [4.69, 9.17) is 5.11 Å². The zero-order valence-electron chi connectivity index (χ0n) is 9.27. The van der Waals surface area contributed by atoms with Gasteiger partial charge in [-0.05, 0) is 25.0 Å². The molecule has 0 saturated heterocycles. The van der Waals surface area contributed by atoms with Crippen LogP contribution in [-0.2, 0) is 11.2 Å². The number of fused-ring (bicyclic) bond motifs is 1. The summed E-state index contributed by atoms with van der Waals surface area (Å²) in [7, 11) is 0. The lowest BCUT2D eigenvalue weighted by molar-refractivity contribution is -0.137. The summed E-state index contributed by atoms with van der Waals surface area (Å²) in [5.41, 5.74) is 0.153. The monoisotopic (exact) mass is 257 g/mol. The van der Waals surface area contributed by atoms with E-state index in [1.165, 1.54) is 6.07 Å². The van der Waals surface area contributed by atoms with E-state index in [9.17, 15) is 18.0 Å². The maximum Gasteiger partial charge on any atom is 0.303 e. The number of benzene rings is 1. The van der Waals surface area contributed by atoms with E-state index in [1.807, 2.05) is 0 Å². The number of hydrogen-bond acceptors (Lipinski definition) is 1. The number of carboxylic acids is 1. The van der Waals surface area contributed by atoms with Gasteiger partial charge in [-0.2, -0.15) is 4.39 Å². The predicted octanol–water partition coefficient (Wildman–Crippen LogP) is 2.99. The van der Waals surface area contributed by atoms with Gasteiger partial charge in [-0.3, -0.25) is 4.79 Å². The summed E-state index contributed by atoms with van der Waals surface area (Å²) in [6.07, 6.45) is 0.0523. The molecule has 0 amide bonds. The number of aromatic amines is 1. The largest absolute Gasteiger partial charge is 0.481 e. The molecular formula is C12H10F3NO2. The van der Waals surface area contributed by atoms with Gasteiger partial charge in [-0.1, -0.05) is 0 Å². The van der Waals surface area contributed by atoms with Gasteiger partial charge in [-0.15, -0.1) is 0 Å². The standard InChI is InChI=1S/C12H10F3NO2/c13-7-4-5-8-10(11(7)14)6(12(15)16-8)2-1-3-9(17)18/h4-5,16H,1-3H2,(H,17,18). The SMILES string of the molecule is O=C(O)CCCc1c(F)[nH]c2ccc(F)c(F)c12. The lowest BCUT2D eigenvalue weighted by Gasteiger charge is -2.00. The first-order chi connectivity index (χ1) is 8.50. The highest BCUT2D eigenvalue weighted by Crippen LogP contribution is 2.27. The van der Waals surface area contributed by atoms with Crippen LogP contribution in [0, 0.1) is 17.6 Å². The number of H-pyrrole nitrogens is 1. The normalized spacial score (nSPS) is 11.1. The molecule has 0 radical (unpaired) electrons. The van der Waals surface area contributed by atoms with Crippen LogP contribution in [0.5, 0.6) is 0 Å². The third-order valence-corrected chi connectivity index (χ3v) is 2.72. The van der Waals surface area contributed by atoms with Crippen LogP contribution in [0.3, 0.4) is 0 Å². The van der Waals surface area contributed by atoms with Crippen molar-refractivity contribution in [3.8, 4) is 0 Å². The van der Waals surface area contributed by atoms with Crippen molar-refractivity contribution >= 4 is 16.9 Å². The Kier molecular flexibility index (Phi) is 3.27. The number of carboxylic acid groups (broad SMARTS) is 1. The molecule has 0 atom stereocenters. The second-order valence-electron chi connectivity index (χ2n) is 3.95. The minimum Gasteiger partial charge on any atom is -0.481 e.